The summed E-state index contributed by atoms with van der Waals surface area (Å²) in [5.41, 5.74) is 2.33. The molecule has 11 heteroatoms. The van der Waals surface area contributed by atoms with Crippen molar-refractivity contribution in [2.75, 3.05) is 18.4 Å². The SMILES string of the molecule is Cc1cc(-c2cnc(Nc3cnc(CN4CC[C@H](O)C4)cn3)s2)nc(Oc2ccccc2Cl)n1. The van der Waals surface area contributed by atoms with Gasteiger partial charge in [0.25, 0.3) is 0 Å². The second-order valence-corrected chi connectivity index (χ2v) is 9.37. The maximum Gasteiger partial charge on any atom is 0.322 e. The summed E-state index contributed by atoms with van der Waals surface area (Å²) in [6, 6.07) is 9.29. The number of rotatable bonds is 7. The molecular formula is C23H22ClN7O2S. The third-order valence-electron chi connectivity index (χ3n) is 5.20. The number of ether oxygens (including phenoxy) is 1. The topological polar surface area (TPSA) is 109 Å². The van der Waals surface area contributed by atoms with Crippen LogP contribution in [0.4, 0.5) is 10.9 Å². The van der Waals surface area contributed by atoms with Gasteiger partial charge < -0.3 is 15.2 Å². The van der Waals surface area contributed by atoms with Crippen LogP contribution in [0, 0.1) is 6.92 Å². The number of nitrogens with one attached hydrogen (secondary N) is 1. The van der Waals surface area contributed by atoms with Crippen molar-refractivity contribution in [2.24, 2.45) is 0 Å². The maximum atomic E-state index is 9.66. The number of likely N-dealkylation sites (tertiary alicyclic amines) is 1. The van der Waals surface area contributed by atoms with Crippen molar-refractivity contribution in [3.8, 4) is 22.3 Å². The van der Waals surface area contributed by atoms with E-state index in [2.05, 4.69) is 35.1 Å². The summed E-state index contributed by atoms with van der Waals surface area (Å²) in [4.78, 5) is 25.3. The van der Waals surface area contributed by atoms with Crippen LogP contribution in [0.15, 0.2) is 48.9 Å². The van der Waals surface area contributed by atoms with E-state index in [4.69, 9.17) is 16.3 Å². The fourth-order valence-corrected chi connectivity index (χ4v) is 4.54. The minimum absolute atomic E-state index is 0.220. The smallest absolute Gasteiger partial charge is 0.322 e. The van der Waals surface area contributed by atoms with Gasteiger partial charge in [0.1, 0.15) is 5.75 Å². The van der Waals surface area contributed by atoms with Gasteiger partial charge in [0, 0.05) is 31.5 Å². The van der Waals surface area contributed by atoms with E-state index in [-0.39, 0.29) is 12.1 Å². The van der Waals surface area contributed by atoms with Crippen LogP contribution in [0.25, 0.3) is 10.6 Å². The molecule has 1 fully saturated rings. The van der Waals surface area contributed by atoms with E-state index in [0.29, 0.717) is 40.5 Å². The Bertz CT molecular complexity index is 1280. The highest BCUT2D eigenvalue weighted by molar-refractivity contribution is 7.18. The number of aliphatic hydroxyl groups is 1. The van der Waals surface area contributed by atoms with Gasteiger partial charge in [0.05, 0.1) is 39.8 Å². The lowest BCUT2D eigenvalue weighted by atomic mass is 10.3. The van der Waals surface area contributed by atoms with Crippen LogP contribution in [0.5, 0.6) is 11.8 Å². The number of thiazole rings is 1. The molecule has 9 nitrogen and oxygen atoms in total. The summed E-state index contributed by atoms with van der Waals surface area (Å²) in [5.74, 6) is 1.10. The zero-order chi connectivity index (χ0) is 23.5. The highest BCUT2D eigenvalue weighted by Crippen LogP contribution is 2.32. The molecule has 0 spiro atoms. The summed E-state index contributed by atoms with van der Waals surface area (Å²) >= 11 is 7.63. The molecule has 174 valence electrons. The van der Waals surface area contributed by atoms with Gasteiger partial charge in [-0.25, -0.2) is 15.0 Å². The Hall–Kier alpha value is -3.18. The second kappa shape index (κ2) is 9.98. The zero-order valence-electron chi connectivity index (χ0n) is 18.3. The van der Waals surface area contributed by atoms with Gasteiger partial charge in [-0.15, -0.1) is 0 Å². The number of hydrogen-bond acceptors (Lipinski definition) is 10. The normalized spacial score (nSPS) is 16.0. The van der Waals surface area contributed by atoms with Crippen molar-refractivity contribution < 1.29 is 9.84 Å². The molecule has 0 bridgehead atoms. The van der Waals surface area contributed by atoms with Crippen LogP contribution in [-0.4, -0.2) is 54.1 Å². The first-order valence-electron chi connectivity index (χ1n) is 10.7. The highest BCUT2D eigenvalue weighted by Gasteiger charge is 2.20. The average molecular weight is 496 g/mol. The van der Waals surface area contributed by atoms with Crippen LogP contribution in [-0.2, 0) is 6.54 Å². The molecular weight excluding hydrogens is 474 g/mol. The van der Waals surface area contributed by atoms with Crippen molar-refractivity contribution in [3.05, 3.63) is 65.3 Å². The highest BCUT2D eigenvalue weighted by atomic mass is 35.5. The Kier molecular flexibility index (Phi) is 6.63. The van der Waals surface area contributed by atoms with Gasteiger partial charge in [0.2, 0.25) is 0 Å². The van der Waals surface area contributed by atoms with Gasteiger partial charge in [0.15, 0.2) is 10.9 Å². The number of nitrogens with zero attached hydrogens (tertiary/aromatic N) is 6. The first-order chi connectivity index (χ1) is 16.5. The fraction of sp³-hybridized carbons (Fsp3) is 0.261. The molecule has 0 aliphatic carbocycles. The molecule has 4 heterocycles. The summed E-state index contributed by atoms with van der Waals surface area (Å²) in [7, 11) is 0. The maximum absolute atomic E-state index is 9.66. The van der Waals surface area contributed by atoms with Gasteiger partial charge in [-0.05, 0) is 31.5 Å². The molecule has 1 aromatic carbocycles. The Labute approximate surface area is 205 Å². The molecule has 0 amide bonds. The molecule has 1 aliphatic heterocycles. The van der Waals surface area contributed by atoms with E-state index >= 15 is 0 Å². The van der Waals surface area contributed by atoms with Gasteiger partial charge in [-0.2, -0.15) is 4.98 Å². The van der Waals surface area contributed by atoms with Crippen LogP contribution in [0.2, 0.25) is 5.02 Å². The summed E-state index contributed by atoms with van der Waals surface area (Å²) in [6.45, 7) is 4.11. The predicted octanol–water partition coefficient (Wildman–Crippen LogP) is 4.45. The minimum atomic E-state index is -0.245. The molecule has 3 aromatic heterocycles. The number of hydrogen-bond donors (Lipinski definition) is 2. The number of halogens is 1. The fourth-order valence-electron chi connectivity index (χ4n) is 3.58. The van der Waals surface area contributed by atoms with Crippen LogP contribution >= 0.6 is 22.9 Å². The van der Waals surface area contributed by atoms with Crippen LogP contribution < -0.4 is 10.1 Å². The molecule has 34 heavy (non-hydrogen) atoms. The lowest BCUT2D eigenvalue weighted by Gasteiger charge is -2.13. The van der Waals surface area contributed by atoms with Crippen molar-refractivity contribution in [1.29, 1.82) is 0 Å². The van der Waals surface area contributed by atoms with Crippen molar-refractivity contribution in [3.63, 3.8) is 0 Å². The Morgan fingerprint density at radius 1 is 1.18 bits per heavy atom. The van der Waals surface area contributed by atoms with Crippen molar-refractivity contribution in [2.45, 2.75) is 26.0 Å². The van der Waals surface area contributed by atoms with E-state index in [1.54, 1.807) is 30.7 Å². The molecule has 2 N–H and O–H groups in total. The molecule has 1 atom stereocenters. The monoisotopic (exact) mass is 495 g/mol. The standard InChI is InChI=1S/C23H22ClN7O2S/c1-14-8-18(29-22(28-14)33-19-5-3-2-4-17(19)24)20-10-27-23(34-20)30-21-11-25-15(9-26-21)12-31-7-6-16(32)13-31/h2-5,8-11,16,32H,6-7,12-13H2,1H3,(H,26,27,30)/t16-/m0/s1. The predicted molar refractivity (Wildman–Crippen MR) is 131 cm³/mol. The molecule has 1 saturated heterocycles. The summed E-state index contributed by atoms with van der Waals surface area (Å²) in [6.07, 6.45) is 5.74. The second-order valence-electron chi connectivity index (χ2n) is 7.93. The van der Waals surface area contributed by atoms with Gasteiger partial charge in [-0.1, -0.05) is 35.1 Å². The molecule has 1 aliphatic rings. The van der Waals surface area contributed by atoms with E-state index < -0.39 is 0 Å². The zero-order valence-corrected chi connectivity index (χ0v) is 19.9. The third kappa shape index (κ3) is 5.48. The lowest BCUT2D eigenvalue weighted by molar-refractivity contribution is 0.174. The van der Waals surface area contributed by atoms with Crippen molar-refractivity contribution in [1.82, 2.24) is 29.8 Å². The minimum Gasteiger partial charge on any atom is -0.423 e. The lowest BCUT2D eigenvalue weighted by Crippen LogP contribution is -2.22. The van der Waals surface area contributed by atoms with Crippen LogP contribution in [0.3, 0.4) is 0 Å². The average Bonchev–Trinajstić information content (AvgIpc) is 3.45. The largest absolute Gasteiger partial charge is 0.423 e. The number of aromatic nitrogens is 5. The Morgan fingerprint density at radius 2 is 2.06 bits per heavy atom. The first-order valence-corrected chi connectivity index (χ1v) is 11.9. The number of aryl methyl sites for hydroxylation is 1. The molecule has 0 radical (unpaired) electrons. The molecule has 4 aromatic rings. The van der Waals surface area contributed by atoms with Crippen LogP contribution in [0.1, 0.15) is 17.8 Å². The van der Waals surface area contributed by atoms with Gasteiger partial charge >= 0.3 is 6.01 Å². The Balaban J connectivity index is 1.26. The quantitative estimate of drug-likeness (QED) is 0.384. The van der Waals surface area contributed by atoms with Gasteiger partial charge in [-0.3, -0.25) is 9.88 Å². The van der Waals surface area contributed by atoms with Crippen molar-refractivity contribution >= 4 is 33.9 Å². The number of anilines is 2. The number of benzene rings is 1. The van der Waals surface area contributed by atoms with E-state index in [9.17, 15) is 5.11 Å². The number of aliphatic hydroxyl groups excluding tert-OH is 1. The third-order valence-corrected chi connectivity index (χ3v) is 6.45. The molecule has 0 unspecified atom stereocenters. The summed E-state index contributed by atoms with van der Waals surface area (Å²) in [5, 5.41) is 14.0. The number of para-hydroxylation sites is 1. The number of β-amino-alcohol motifs (C(OH)–C–C–N with tert-alkyl or cyclic N) is 1. The molecule has 5 rings (SSSR count). The summed E-state index contributed by atoms with van der Waals surface area (Å²) < 4.78 is 5.80. The van der Waals surface area contributed by atoms with E-state index in [1.807, 2.05) is 25.1 Å². The van der Waals surface area contributed by atoms with E-state index in [0.717, 1.165) is 29.2 Å². The molecule has 0 saturated carbocycles. The Morgan fingerprint density at radius 3 is 2.82 bits per heavy atom. The van der Waals surface area contributed by atoms with E-state index in [1.165, 1.54) is 11.3 Å². The first kappa shape index (κ1) is 22.6.